The summed E-state index contributed by atoms with van der Waals surface area (Å²) >= 11 is 3.48. The highest BCUT2D eigenvalue weighted by molar-refractivity contribution is 9.10. The number of halogens is 1. The minimum Gasteiger partial charge on any atom is -0.493 e. The van der Waals surface area contributed by atoms with Gasteiger partial charge in [0.2, 0.25) is 17.6 Å². The summed E-state index contributed by atoms with van der Waals surface area (Å²) in [6, 6.07) is 13.2. The molecule has 2 aromatic carbocycles. The van der Waals surface area contributed by atoms with Gasteiger partial charge in [0.15, 0.2) is 11.5 Å². The predicted molar refractivity (Wildman–Crippen MR) is 114 cm³/mol. The number of hydrogen-bond donors (Lipinski definition) is 0. The molecule has 7 nitrogen and oxygen atoms in total. The summed E-state index contributed by atoms with van der Waals surface area (Å²) in [4.78, 5) is 18.9. The van der Waals surface area contributed by atoms with Gasteiger partial charge in [-0.1, -0.05) is 33.2 Å². The first-order chi connectivity index (χ1) is 14.6. The van der Waals surface area contributed by atoms with Crippen LogP contribution in [0.4, 0.5) is 0 Å². The minimum atomic E-state index is -0.234. The lowest BCUT2D eigenvalue weighted by molar-refractivity contribution is -0.129. The molecule has 0 bridgehead atoms. The van der Waals surface area contributed by atoms with Crippen LogP contribution in [0.1, 0.15) is 37.3 Å². The van der Waals surface area contributed by atoms with Crippen LogP contribution in [0.15, 0.2) is 51.5 Å². The van der Waals surface area contributed by atoms with Crippen LogP contribution in [0.25, 0.3) is 11.4 Å². The molecule has 1 saturated heterocycles. The first-order valence-electron chi connectivity index (χ1n) is 9.77. The van der Waals surface area contributed by atoms with Gasteiger partial charge < -0.3 is 18.9 Å². The summed E-state index contributed by atoms with van der Waals surface area (Å²) in [7, 11) is 1.59. The molecule has 0 aliphatic carbocycles. The molecule has 0 radical (unpaired) electrons. The number of carbonyl (C=O) groups is 1. The number of benzene rings is 2. The number of likely N-dealkylation sites (tertiary alicyclic amines) is 1. The van der Waals surface area contributed by atoms with Gasteiger partial charge >= 0.3 is 0 Å². The molecule has 4 rings (SSSR count). The van der Waals surface area contributed by atoms with Crippen molar-refractivity contribution in [3.63, 3.8) is 0 Å². The topological polar surface area (TPSA) is 77.7 Å². The van der Waals surface area contributed by atoms with Gasteiger partial charge in [-0.05, 0) is 49.2 Å². The van der Waals surface area contributed by atoms with Crippen LogP contribution < -0.4 is 9.47 Å². The molecule has 1 aliphatic rings. The molecular weight excluding hydrogens is 450 g/mol. The van der Waals surface area contributed by atoms with Crippen LogP contribution in [0.5, 0.6) is 11.5 Å². The van der Waals surface area contributed by atoms with E-state index < -0.39 is 0 Å². The lowest BCUT2D eigenvalue weighted by Gasteiger charge is -2.22. The van der Waals surface area contributed by atoms with Crippen molar-refractivity contribution in [1.82, 2.24) is 15.0 Å². The summed E-state index contributed by atoms with van der Waals surface area (Å²) in [6.07, 6.45) is 1.12. The quantitative estimate of drug-likeness (QED) is 0.493. The highest BCUT2D eigenvalue weighted by Gasteiger charge is 2.36. The van der Waals surface area contributed by atoms with Gasteiger partial charge in [0.1, 0.15) is 6.04 Å². The van der Waals surface area contributed by atoms with Gasteiger partial charge in [-0.2, -0.15) is 4.98 Å². The van der Waals surface area contributed by atoms with E-state index in [1.165, 1.54) is 0 Å². The standard InChI is InChI=1S/C22H22BrN3O4/c1-3-29-18-9-7-15(12-19(18)28-2)21-24-22(30-25-21)17-8-10-20(27)26(17)13-14-5-4-6-16(23)11-14/h4-7,9,11-12,17H,3,8,10,13H2,1-2H3. The molecule has 2 heterocycles. The monoisotopic (exact) mass is 471 g/mol. The van der Waals surface area contributed by atoms with Crippen LogP contribution in [0.3, 0.4) is 0 Å². The largest absolute Gasteiger partial charge is 0.493 e. The fourth-order valence-electron chi connectivity index (χ4n) is 3.59. The molecule has 0 spiro atoms. The number of nitrogens with zero attached hydrogens (tertiary/aromatic N) is 3. The molecule has 30 heavy (non-hydrogen) atoms. The third-order valence-corrected chi connectivity index (χ3v) is 5.51. The van der Waals surface area contributed by atoms with E-state index in [0.29, 0.717) is 49.2 Å². The van der Waals surface area contributed by atoms with Crippen LogP contribution in [0.2, 0.25) is 0 Å². The average molecular weight is 472 g/mol. The molecule has 1 amide bonds. The van der Waals surface area contributed by atoms with Gasteiger partial charge in [-0.25, -0.2) is 0 Å². The van der Waals surface area contributed by atoms with Gasteiger partial charge in [0, 0.05) is 23.0 Å². The van der Waals surface area contributed by atoms with Crippen LogP contribution >= 0.6 is 15.9 Å². The van der Waals surface area contributed by atoms with Crippen molar-refractivity contribution in [1.29, 1.82) is 0 Å². The Labute approximate surface area is 183 Å². The Morgan fingerprint density at radius 3 is 2.87 bits per heavy atom. The number of rotatable bonds is 7. The van der Waals surface area contributed by atoms with E-state index in [0.717, 1.165) is 15.6 Å². The Morgan fingerprint density at radius 2 is 2.10 bits per heavy atom. The fourth-order valence-corrected chi connectivity index (χ4v) is 4.04. The van der Waals surface area contributed by atoms with Crippen molar-refractivity contribution in [2.45, 2.75) is 32.4 Å². The Hall–Kier alpha value is -2.87. The lowest BCUT2D eigenvalue weighted by Crippen LogP contribution is -2.27. The van der Waals surface area contributed by atoms with Crippen molar-refractivity contribution in [3.8, 4) is 22.9 Å². The van der Waals surface area contributed by atoms with Gasteiger partial charge in [-0.15, -0.1) is 0 Å². The first-order valence-corrected chi connectivity index (χ1v) is 10.6. The molecule has 1 unspecified atom stereocenters. The summed E-state index contributed by atoms with van der Waals surface area (Å²) < 4.78 is 17.5. The number of aromatic nitrogens is 2. The van der Waals surface area contributed by atoms with Crippen molar-refractivity contribution < 1.29 is 18.8 Å². The van der Waals surface area contributed by atoms with Gasteiger partial charge in [-0.3, -0.25) is 4.79 Å². The fraction of sp³-hybridized carbons (Fsp3) is 0.318. The predicted octanol–water partition coefficient (Wildman–Crippen LogP) is 4.77. The number of ether oxygens (including phenoxy) is 2. The Bertz CT molecular complexity index is 1050. The molecule has 8 heteroatoms. The van der Waals surface area contributed by atoms with Crippen molar-refractivity contribution in [2.24, 2.45) is 0 Å². The summed E-state index contributed by atoms with van der Waals surface area (Å²) in [6.45, 7) is 2.96. The summed E-state index contributed by atoms with van der Waals surface area (Å²) in [5, 5.41) is 4.13. The van der Waals surface area contributed by atoms with Crippen LogP contribution in [0, 0.1) is 0 Å². The Balaban J connectivity index is 1.57. The molecule has 1 fully saturated rings. The molecule has 1 aromatic heterocycles. The summed E-state index contributed by atoms with van der Waals surface area (Å²) in [5.74, 6) is 2.25. The highest BCUT2D eigenvalue weighted by Crippen LogP contribution is 2.36. The maximum absolute atomic E-state index is 12.5. The van der Waals surface area contributed by atoms with Crippen LogP contribution in [-0.2, 0) is 11.3 Å². The second-order valence-electron chi connectivity index (χ2n) is 6.96. The van der Waals surface area contributed by atoms with E-state index in [1.807, 2.05) is 49.4 Å². The number of hydrogen-bond acceptors (Lipinski definition) is 6. The van der Waals surface area contributed by atoms with E-state index in [2.05, 4.69) is 26.1 Å². The smallest absolute Gasteiger partial charge is 0.249 e. The normalized spacial score (nSPS) is 16.2. The van der Waals surface area contributed by atoms with E-state index in [-0.39, 0.29) is 11.9 Å². The second-order valence-corrected chi connectivity index (χ2v) is 7.88. The SMILES string of the molecule is CCOc1ccc(-c2noc(C3CCC(=O)N3Cc3cccc(Br)c3)n2)cc1OC. The van der Waals surface area contributed by atoms with E-state index >= 15 is 0 Å². The molecule has 0 saturated carbocycles. The maximum atomic E-state index is 12.5. The van der Waals surface area contributed by atoms with Gasteiger partial charge in [0.05, 0.1) is 13.7 Å². The lowest BCUT2D eigenvalue weighted by atomic mass is 10.1. The Kier molecular flexibility index (Phi) is 6.03. The maximum Gasteiger partial charge on any atom is 0.249 e. The second kappa shape index (κ2) is 8.87. The molecule has 1 atom stereocenters. The number of carbonyl (C=O) groups excluding carboxylic acids is 1. The third-order valence-electron chi connectivity index (χ3n) is 5.02. The van der Waals surface area contributed by atoms with Crippen molar-refractivity contribution >= 4 is 21.8 Å². The van der Waals surface area contributed by atoms with Gasteiger partial charge in [0.25, 0.3) is 0 Å². The van der Waals surface area contributed by atoms with Crippen molar-refractivity contribution in [3.05, 3.63) is 58.4 Å². The molecular formula is C22H22BrN3O4. The zero-order valence-electron chi connectivity index (χ0n) is 16.8. The zero-order chi connectivity index (χ0) is 21.1. The third kappa shape index (κ3) is 4.18. The molecule has 0 N–H and O–H groups in total. The molecule has 156 valence electrons. The minimum absolute atomic E-state index is 0.0856. The van der Waals surface area contributed by atoms with E-state index in [1.54, 1.807) is 12.0 Å². The van der Waals surface area contributed by atoms with E-state index in [4.69, 9.17) is 14.0 Å². The number of methoxy groups -OCH3 is 1. The van der Waals surface area contributed by atoms with Crippen LogP contribution in [-0.4, -0.2) is 34.7 Å². The highest BCUT2D eigenvalue weighted by atomic mass is 79.9. The first kappa shape index (κ1) is 20.4. The average Bonchev–Trinajstić information content (AvgIpc) is 3.36. The van der Waals surface area contributed by atoms with E-state index in [9.17, 15) is 4.79 Å². The number of amides is 1. The van der Waals surface area contributed by atoms with Crippen molar-refractivity contribution in [2.75, 3.05) is 13.7 Å². The summed E-state index contributed by atoms with van der Waals surface area (Å²) in [5.41, 5.74) is 1.80. The molecule has 1 aliphatic heterocycles. The molecule has 3 aromatic rings. The zero-order valence-corrected chi connectivity index (χ0v) is 18.4. The Morgan fingerprint density at radius 1 is 1.23 bits per heavy atom.